The topological polar surface area (TPSA) is 29.5 Å². The molecule has 0 aliphatic heterocycles. The van der Waals surface area contributed by atoms with Crippen LogP contribution in [0.2, 0.25) is 0 Å². The summed E-state index contributed by atoms with van der Waals surface area (Å²) in [6, 6.07) is 72.9. The molecule has 0 radical (unpaired) electrons. The normalized spacial score (nSPS) is 13.3. The smallest absolute Gasteiger partial charge is 0.159 e. The Kier molecular flexibility index (Phi) is 7.17. The van der Waals surface area contributed by atoms with Crippen molar-refractivity contribution in [3.05, 3.63) is 211 Å². The number of benzene rings is 11. The molecule has 1 aliphatic rings. The molecule has 0 amide bonds. The van der Waals surface area contributed by atoms with Gasteiger partial charge in [0.1, 0.15) is 16.7 Å². The zero-order valence-electron chi connectivity index (χ0n) is 35.3. The molecule has 0 bridgehead atoms. The molecule has 0 saturated carbocycles. The van der Waals surface area contributed by atoms with Crippen LogP contribution < -0.4 is 4.90 Å². The summed E-state index contributed by atoms with van der Waals surface area (Å²) < 4.78 is 13.8. The van der Waals surface area contributed by atoms with Crippen LogP contribution in [0.3, 0.4) is 0 Å². The minimum absolute atomic E-state index is 0.163. The highest BCUT2D eigenvalue weighted by atomic mass is 16.3. The van der Waals surface area contributed by atoms with Crippen molar-refractivity contribution in [3.63, 3.8) is 0 Å². The molecular formula is C61H39NO2. The van der Waals surface area contributed by atoms with Crippen LogP contribution in [-0.4, -0.2) is 0 Å². The van der Waals surface area contributed by atoms with E-state index in [9.17, 15) is 0 Å². The number of hydrogen-bond acceptors (Lipinski definition) is 3. The highest BCUT2D eigenvalue weighted by molar-refractivity contribution is 6.27. The van der Waals surface area contributed by atoms with Gasteiger partial charge in [0, 0.05) is 43.9 Å². The van der Waals surface area contributed by atoms with Crippen molar-refractivity contribution in [2.75, 3.05) is 4.90 Å². The zero-order chi connectivity index (χ0) is 42.3. The third-order valence-corrected chi connectivity index (χ3v) is 14.2. The van der Waals surface area contributed by atoms with E-state index in [1.165, 1.54) is 65.3 Å². The van der Waals surface area contributed by atoms with Crippen LogP contribution in [0.25, 0.3) is 109 Å². The highest BCUT2D eigenvalue weighted by Gasteiger charge is 2.36. The molecule has 0 fully saturated rings. The van der Waals surface area contributed by atoms with E-state index in [0.29, 0.717) is 0 Å². The van der Waals surface area contributed by atoms with Gasteiger partial charge in [-0.15, -0.1) is 0 Å². The van der Waals surface area contributed by atoms with Crippen molar-refractivity contribution in [1.82, 2.24) is 0 Å². The molecule has 11 aromatic carbocycles. The summed E-state index contributed by atoms with van der Waals surface area (Å²) in [6.07, 6.45) is 0. The predicted octanol–water partition coefficient (Wildman–Crippen LogP) is 17.5. The van der Waals surface area contributed by atoms with Gasteiger partial charge in [-0.2, -0.15) is 0 Å². The molecule has 2 heterocycles. The van der Waals surface area contributed by atoms with Gasteiger partial charge in [0.2, 0.25) is 0 Å². The molecule has 14 rings (SSSR count). The van der Waals surface area contributed by atoms with E-state index in [4.69, 9.17) is 8.83 Å². The Hall–Kier alpha value is -8.14. The van der Waals surface area contributed by atoms with E-state index in [2.05, 4.69) is 213 Å². The van der Waals surface area contributed by atoms with Gasteiger partial charge < -0.3 is 13.7 Å². The first-order chi connectivity index (χ1) is 31.5. The van der Waals surface area contributed by atoms with Crippen molar-refractivity contribution in [3.8, 4) is 22.3 Å². The van der Waals surface area contributed by atoms with E-state index in [-0.39, 0.29) is 5.41 Å². The molecule has 0 spiro atoms. The van der Waals surface area contributed by atoms with Crippen molar-refractivity contribution in [2.45, 2.75) is 19.3 Å². The lowest BCUT2D eigenvalue weighted by Gasteiger charge is -2.28. The molecule has 0 N–H and O–H groups in total. The Labute approximate surface area is 369 Å². The third-order valence-electron chi connectivity index (χ3n) is 14.2. The van der Waals surface area contributed by atoms with E-state index in [0.717, 1.165) is 72.1 Å². The standard InChI is InChI=1S/C61H39NO2/c1-61(2)53-23-11-9-20-46(53)47-30-27-39(35-54(47)61)62(55-24-13-22-49-48-21-10-12-25-56(48)63-59(49)55)38-28-31-57-51(34-38)52-32-36-14-3-4-15-40(36)58(60(52)64-57)37-26-29-45-43-18-6-5-16-41(43)42-17-7-8-19-44(42)50(45)33-37/h3-35H,1-2H3. The van der Waals surface area contributed by atoms with Crippen LogP contribution in [0, 0.1) is 0 Å². The first kappa shape index (κ1) is 35.5. The largest absolute Gasteiger partial charge is 0.455 e. The van der Waals surface area contributed by atoms with Crippen LogP contribution >= 0.6 is 0 Å². The molecule has 3 nitrogen and oxygen atoms in total. The van der Waals surface area contributed by atoms with Gasteiger partial charge in [-0.1, -0.05) is 159 Å². The SMILES string of the molecule is CC1(C)c2ccccc2-c2ccc(N(c3ccc4oc5c(-c6ccc7c8ccccc8c8ccccc8c7c6)c6ccccc6cc5c4c3)c3cccc4c3oc3ccccc34)cc21. The summed E-state index contributed by atoms with van der Waals surface area (Å²) in [5.41, 5.74) is 13.9. The second-order valence-corrected chi connectivity index (χ2v) is 18.0. The quantitative estimate of drug-likeness (QED) is 0.166. The molecule has 0 saturated heterocycles. The zero-order valence-corrected chi connectivity index (χ0v) is 35.3. The maximum Gasteiger partial charge on any atom is 0.159 e. The minimum Gasteiger partial charge on any atom is -0.455 e. The second kappa shape index (κ2) is 12.9. The molecule has 64 heavy (non-hydrogen) atoms. The lowest BCUT2D eigenvalue weighted by Crippen LogP contribution is -2.16. The van der Waals surface area contributed by atoms with E-state index in [1.807, 2.05) is 6.07 Å². The summed E-state index contributed by atoms with van der Waals surface area (Å²) in [5, 5.41) is 14.2. The first-order valence-corrected chi connectivity index (χ1v) is 22.2. The number of rotatable bonds is 4. The first-order valence-electron chi connectivity index (χ1n) is 22.2. The fourth-order valence-electron chi connectivity index (χ4n) is 11.2. The van der Waals surface area contributed by atoms with Crippen molar-refractivity contribution in [2.24, 2.45) is 0 Å². The van der Waals surface area contributed by atoms with E-state index >= 15 is 0 Å². The molecule has 300 valence electrons. The maximum absolute atomic E-state index is 7.06. The van der Waals surface area contributed by atoms with E-state index < -0.39 is 0 Å². The Morgan fingerprint density at radius 3 is 1.77 bits per heavy atom. The van der Waals surface area contributed by atoms with Crippen LogP contribution in [-0.2, 0) is 5.41 Å². The third kappa shape index (κ3) is 4.87. The van der Waals surface area contributed by atoms with Gasteiger partial charge in [-0.3, -0.25) is 0 Å². The van der Waals surface area contributed by atoms with Crippen LogP contribution in [0.5, 0.6) is 0 Å². The van der Waals surface area contributed by atoms with E-state index in [1.54, 1.807) is 0 Å². The Morgan fingerprint density at radius 2 is 0.953 bits per heavy atom. The summed E-state index contributed by atoms with van der Waals surface area (Å²) >= 11 is 0. The van der Waals surface area contributed by atoms with Gasteiger partial charge in [0.15, 0.2) is 5.58 Å². The number of para-hydroxylation sites is 2. The fourth-order valence-corrected chi connectivity index (χ4v) is 11.2. The molecule has 1 aliphatic carbocycles. The minimum atomic E-state index is -0.163. The van der Waals surface area contributed by atoms with Crippen LogP contribution in [0.1, 0.15) is 25.0 Å². The van der Waals surface area contributed by atoms with Crippen molar-refractivity contribution >= 4 is 104 Å². The molecular weight excluding hydrogens is 779 g/mol. The lowest BCUT2D eigenvalue weighted by atomic mass is 9.82. The number of fused-ring (bicyclic) bond motifs is 16. The Balaban J connectivity index is 1.02. The molecule has 0 unspecified atom stereocenters. The number of anilines is 3. The molecule has 3 heteroatoms. The Bertz CT molecular complexity index is 4090. The van der Waals surface area contributed by atoms with Crippen molar-refractivity contribution < 1.29 is 8.83 Å². The van der Waals surface area contributed by atoms with Gasteiger partial charge in [-0.05, 0) is 126 Å². The molecule has 0 atom stereocenters. The highest BCUT2D eigenvalue weighted by Crippen LogP contribution is 2.52. The molecule has 13 aromatic rings. The monoisotopic (exact) mass is 817 g/mol. The molecule has 2 aromatic heterocycles. The summed E-state index contributed by atoms with van der Waals surface area (Å²) in [5.74, 6) is 0. The van der Waals surface area contributed by atoms with Gasteiger partial charge in [0.25, 0.3) is 0 Å². The van der Waals surface area contributed by atoms with Gasteiger partial charge in [-0.25, -0.2) is 0 Å². The second-order valence-electron chi connectivity index (χ2n) is 18.0. The average molecular weight is 818 g/mol. The average Bonchev–Trinajstić information content (AvgIpc) is 3.98. The predicted molar refractivity (Wildman–Crippen MR) is 269 cm³/mol. The van der Waals surface area contributed by atoms with Crippen molar-refractivity contribution in [1.29, 1.82) is 0 Å². The summed E-state index contributed by atoms with van der Waals surface area (Å²) in [4.78, 5) is 2.38. The number of nitrogens with zero attached hydrogens (tertiary/aromatic N) is 1. The lowest BCUT2D eigenvalue weighted by molar-refractivity contribution is 0.660. The number of hydrogen-bond donors (Lipinski definition) is 0. The summed E-state index contributed by atoms with van der Waals surface area (Å²) in [6.45, 7) is 4.69. The fraction of sp³-hybridized carbons (Fsp3) is 0.0492. The van der Waals surface area contributed by atoms with Crippen LogP contribution in [0.4, 0.5) is 17.1 Å². The number of furan rings is 2. The van der Waals surface area contributed by atoms with Gasteiger partial charge >= 0.3 is 0 Å². The maximum atomic E-state index is 7.06. The Morgan fingerprint density at radius 1 is 0.359 bits per heavy atom. The van der Waals surface area contributed by atoms with Gasteiger partial charge in [0.05, 0.1) is 5.69 Å². The van der Waals surface area contributed by atoms with Crippen LogP contribution in [0.15, 0.2) is 209 Å². The summed E-state index contributed by atoms with van der Waals surface area (Å²) in [7, 11) is 0.